The van der Waals surface area contributed by atoms with Gasteiger partial charge in [-0.2, -0.15) is 0 Å². The van der Waals surface area contributed by atoms with E-state index >= 15 is 0 Å². The fraction of sp³-hybridized carbons (Fsp3) is 0.778. The van der Waals surface area contributed by atoms with Crippen LogP contribution in [0.1, 0.15) is 12.8 Å². The van der Waals surface area contributed by atoms with Gasteiger partial charge in [-0.25, -0.2) is 0 Å². The largest absolute Gasteiger partial charge is 0.353 e. The normalized spacial score (nSPS) is 27.3. The molecule has 0 spiro atoms. The first kappa shape index (κ1) is 10.8. The highest BCUT2D eigenvalue weighted by molar-refractivity contribution is 8.14. The maximum atomic E-state index is 11.5. The molecule has 6 heteroatoms. The monoisotopic (exact) mass is 229 g/mol. The molecule has 1 unspecified atom stereocenters. The van der Waals surface area contributed by atoms with Gasteiger partial charge in [-0.1, -0.05) is 11.8 Å². The Morgan fingerprint density at radius 3 is 2.93 bits per heavy atom. The van der Waals surface area contributed by atoms with E-state index in [9.17, 15) is 9.59 Å². The summed E-state index contributed by atoms with van der Waals surface area (Å²) in [5, 5.41) is 5.24. The highest BCUT2D eigenvalue weighted by Crippen LogP contribution is 2.31. The number of carbonyl (C=O) groups is 2. The molecule has 0 radical (unpaired) electrons. The number of nitrogens with one attached hydrogen (secondary N) is 2. The molecule has 1 heterocycles. The molecule has 15 heavy (non-hydrogen) atoms. The predicted molar refractivity (Wildman–Crippen MR) is 58.5 cm³/mol. The average Bonchev–Trinajstić information content (AvgIpc) is 2.97. The Balaban J connectivity index is 1.69. The van der Waals surface area contributed by atoms with Gasteiger partial charge in [0.05, 0.1) is 0 Å². The van der Waals surface area contributed by atoms with Crippen molar-refractivity contribution in [3.05, 3.63) is 0 Å². The Morgan fingerprint density at radius 1 is 1.67 bits per heavy atom. The van der Waals surface area contributed by atoms with Crippen LogP contribution >= 0.6 is 11.8 Å². The topological polar surface area (TPSA) is 84.2 Å². The zero-order valence-corrected chi connectivity index (χ0v) is 9.18. The van der Waals surface area contributed by atoms with Crippen LogP contribution < -0.4 is 16.4 Å². The van der Waals surface area contributed by atoms with Gasteiger partial charge < -0.3 is 16.4 Å². The number of thioether (sulfide) groups is 1. The minimum absolute atomic E-state index is 0.0682. The van der Waals surface area contributed by atoms with E-state index in [4.69, 9.17) is 5.73 Å². The molecular weight excluding hydrogens is 214 g/mol. The van der Waals surface area contributed by atoms with Crippen LogP contribution in [0.25, 0.3) is 0 Å². The van der Waals surface area contributed by atoms with E-state index in [1.807, 2.05) is 0 Å². The minimum atomic E-state index is -0.381. The van der Waals surface area contributed by atoms with Crippen molar-refractivity contribution in [2.75, 3.05) is 12.3 Å². The Kier molecular flexibility index (Phi) is 3.16. The molecule has 1 saturated heterocycles. The number of hydrogen-bond acceptors (Lipinski definition) is 4. The van der Waals surface area contributed by atoms with Gasteiger partial charge in [0, 0.05) is 18.3 Å². The van der Waals surface area contributed by atoms with Gasteiger partial charge in [0.2, 0.25) is 5.91 Å². The summed E-state index contributed by atoms with van der Waals surface area (Å²) in [5.41, 5.74) is 5.85. The summed E-state index contributed by atoms with van der Waals surface area (Å²) in [4.78, 5) is 22.4. The molecule has 84 valence electrons. The second kappa shape index (κ2) is 4.40. The van der Waals surface area contributed by atoms with Crippen molar-refractivity contribution in [2.24, 2.45) is 11.7 Å². The van der Waals surface area contributed by atoms with Crippen molar-refractivity contribution in [1.29, 1.82) is 0 Å². The zero-order valence-electron chi connectivity index (χ0n) is 8.36. The maximum Gasteiger partial charge on any atom is 0.279 e. The molecular formula is C9H15N3O2S. The van der Waals surface area contributed by atoms with Crippen molar-refractivity contribution in [3.8, 4) is 0 Å². The fourth-order valence-electron chi connectivity index (χ4n) is 1.56. The number of hydrogen-bond donors (Lipinski definition) is 3. The second-order valence-electron chi connectivity index (χ2n) is 4.04. The summed E-state index contributed by atoms with van der Waals surface area (Å²) in [6.07, 6.45) is 2.35. The van der Waals surface area contributed by atoms with E-state index in [1.54, 1.807) is 0 Å². The van der Waals surface area contributed by atoms with Crippen LogP contribution in [-0.4, -0.2) is 35.5 Å². The molecule has 0 aromatic heterocycles. The number of rotatable bonds is 4. The average molecular weight is 229 g/mol. The van der Waals surface area contributed by atoms with E-state index in [-0.39, 0.29) is 23.2 Å². The zero-order chi connectivity index (χ0) is 10.8. The van der Waals surface area contributed by atoms with E-state index in [0.717, 1.165) is 11.8 Å². The number of nitrogens with two attached hydrogens (primary N) is 1. The second-order valence-corrected chi connectivity index (χ2v) is 5.03. The Morgan fingerprint density at radius 2 is 2.40 bits per heavy atom. The van der Waals surface area contributed by atoms with Crippen LogP contribution in [0, 0.1) is 5.92 Å². The third-order valence-corrected chi connectivity index (χ3v) is 3.61. The fourth-order valence-corrected chi connectivity index (χ4v) is 2.34. The molecule has 2 atom stereocenters. The van der Waals surface area contributed by atoms with Crippen LogP contribution in [0.15, 0.2) is 0 Å². The summed E-state index contributed by atoms with van der Waals surface area (Å²) in [6, 6.07) is -0.312. The Labute approximate surface area is 92.5 Å². The molecule has 5 nitrogen and oxygen atoms in total. The van der Waals surface area contributed by atoms with E-state index in [0.29, 0.717) is 18.2 Å². The SMILES string of the molecule is NC(CNC(=O)[C@@H]1CSC(=O)N1)C1CC1. The Hall–Kier alpha value is -0.750. The lowest BCUT2D eigenvalue weighted by atomic mass is 10.2. The van der Waals surface area contributed by atoms with Gasteiger partial charge in [0.1, 0.15) is 6.04 Å². The molecule has 0 aromatic rings. The predicted octanol–water partition coefficient (Wildman–Crippen LogP) is -0.335. The highest BCUT2D eigenvalue weighted by Gasteiger charge is 2.31. The molecule has 4 N–H and O–H groups in total. The minimum Gasteiger partial charge on any atom is -0.353 e. The van der Waals surface area contributed by atoms with E-state index < -0.39 is 0 Å². The Bertz CT molecular complexity index is 281. The smallest absolute Gasteiger partial charge is 0.279 e. The van der Waals surface area contributed by atoms with Crippen LogP contribution in [0.3, 0.4) is 0 Å². The standard InChI is InChI=1S/C9H15N3O2S/c10-6(5-1-2-5)3-11-8(13)7-4-15-9(14)12-7/h5-7H,1-4,10H2,(H,11,13)(H,12,14)/t6?,7-/m0/s1. The van der Waals surface area contributed by atoms with Gasteiger partial charge in [-0.05, 0) is 18.8 Å². The molecule has 0 bridgehead atoms. The molecule has 2 amide bonds. The first-order valence-electron chi connectivity index (χ1n) is 5.13. The third-order valence-electron chi connectivity index (χ3n) is 2.73. The van der Waals surface area contributed by atoms with Gasteiger partial charge in [-0.3, -0.25) is 9.59 Å². The summed E-state index contributed by atoms with van der Waals surface area (Å²) in [6.45, 7) is 0.514. The van der Waals surface area contributed by atoms with Crippen LogP contribution in [-0.2, 0) is 4.79 Å². The third kappa shape index (κ3) is 2.85. The first-order valence-corrected chi connectivity index (χ1v) is 6.12. The molecule has 2 fully saturated rings. The van der Waals surface area contributed by atoms with Crippen molar-refractivity contribution in [2.45, 2.75) is 24.9 Å². The maximum absolute atomic E-state index is 11.5. The van der Waals surface area contributed by atoms with Crippen molar-refractivity contribution in [1.82, 2.24) is 10.6 Å². The number of amides is 2. The van der Waals surface area contributed by atoms with Crippen molar-refractivity contribution in [3.63, 3.8) is 0 Å². The lowest BCUT2D eigenvalue weighted by Gasteiger charge is -2.14. The molecule has 1 saturated carbocycles. The lowest BCUT2D eigenvalue weighted by molar-refractivity contribution is -0.122. The molecule has 2 aliphatic rings. The molecule has 2 rings (SSSR count). The van der Waals surface area contributed by atoms with Gasteiger partial charge in [0.25, 0.3) is 5.24 Å². The van der Waals surface area contributed by atoms with Crippen LogP contribution in [0.2, 0.25) is 0 Å². The first-order chi connectivity index (χ1) is 7.16. The van der Waals surface area contributed by atoms with Gasteiger partial charge >= 0.3 is 0 Å². The van der Waals surface area contributed by atoms with Crippen molar-refractivity contribution >= 4 is 22.9 Å². The molecule has 1 aliphatic heterocycles. The van der Waals surface area contributed by atoms with E-state index in [1.165, 1.54) is 12.8 Å². The summed E-state index contributed by atoms with van der Waals surface area (Å²) in [7, 11) is 0. The van der Waals surface area contributed by atoms with Gasteiger partial charge in [-0.15, -0.1) is 0 Å². The summed E-state index contributed by atoms with van der Waals surface area (Å²) >= 11 is 1.14. The van der Waals surface area contributed by atoms with Crippen LogP contribution in [0.4, 0.5) is 4.79 Å². The molecule has 1 aliphatic carbocycles. The highest BCUT2D eigenvalue weighted by atomic mass is 32.2. The summed E-state index contributed by atoms with van der Waals surface area (Å²) in [5.74, 6) is 0.978. The van der Waals surface area contributed by atoms with Crippen molar-refractivity contribution < 1.29 is 9.59 Å². The summed E-state index contributed by atoms with van der Waals surface area (Å²) < 4.78 is 0. The van der Waals surface area contributed by atoms with Crippen LogP contribution in [0.5, 0.6) is 0 Å². The van der Waals surface area contributed by atoms with E-state index in [2.05, 4.69) is 10.6 Å². The van der Waals surface area contributed by atoms with Gasteiger partial charge in [0.15, 0.2) is 0 Å². The lowest BCUT2D eigenvalue weighted by Crippen LogP contribution is -2.47. The molecule has 0 aromatic carbocycles. The number of carbonyl (C=O) groups excluding carboxylic acids is 2. The quantitative estimate of drug-likeness (QED) is 0.616.